The van der Waals surface area contributed by atoms with Gasteiger partial charge < -0.3 is 14.8 Å². The second-order valence-corrected chi connectivity index (χ2v) is 5.66. The van der Waals surface area contributed by atoms with Crippen molar-refractivity contribution in [2.75, 3.05) is 0 Å². The van der Waals surface area contributed by atoms with Crippen LogP contribution in [0.5, 0.6) is 11.5 Å². The molecule has 0 heterocycles. The van der Waals surface area contributed by atoms with Gasteiger partial charge in [-0.25, -0.2) is 0 Å². The number of hydrogen-bond donors (Lipinski definition) is 2. The molecule has 0 bridgehead atoms. The first-order chi connectivity index (χ1) is 8.52. The van der Waals surface area contributed by atoms with E-state index in [2.05, 4.69) is 0 Å². The fourth-order valence-electron chi connectivity index (χ4n) is 1.39. The predicted octanol–water partition coefficient (Wildman–Crippen LogP) is 3.57. The van der Waals surface area contributed by atoms with Crippen LogP contribution in [0.4, 0.5) is 0 Å². The number of halogens is 2. The van der Waals surface area contributed by atoms with Gasteiger partial charge in [-0.1, -0.05) is 41.4 Å². The van der Waals surface area contributed by atoms with Crippen molar-refractivity contribution in [3.05, 3.63) is 46.4 Å². The van der Waals surface area contributed by atoms with Crippen molar-refractivity contribution in [3.63, 3.8) is 0 Å². The molecule has 0 radical (unpaired) electrons. The molecule has 0 saturated carbocycles. The molecule has 0 aliphatic heterocycles. The van der Waals surface area contributed by atoms with Gasteiger partial charge in [0.1, 0.15) is 10.0 Å². The van der Waals surface area contributed by atoms with Crippen molar-refractivity contribution < 1.29 is 14.8 Å². The van der Waals surface area contributed by atoms with E-state index in [0.29, 0.717) is 4.90 Å². The number of phenolic OH excluding ortho intramolecular Hbond substituents is 2. The van der Waals surface area contributed by atoms with Crippen LogP contribution in [-0.2, 0) is 11.2 Å². The van der Waals surface area contributed by atoms with Gasteiger partial charge in [0.15, 0.2) is 21.3 Å². The highest BCUT2D eigenvalue weighted by atomic mass is 35.5. The standard InChI is InChI=1S/C12H8Cl2O3S/c13-10-9(6-8(15)12(16)11(10)14)18(17)7-4-2-1-3-5-7/h1-6,15-16H. The summed E-state index contributed by atoms with van der Waals surface area (Å²) >= 11 is 10.1. The van der Waals surface area contributed by atoms with Crippen molar-refractivity contribution in [2.24, 2.45) is 0 Å². The third-order valence-electron chi connectivity index (χ3n) is 2.28. The third-order valence-corrected chi connectivity index (χ3v) is 4.68. The Balaban J connectivity index is 2.52. The van der Waals surface area contributed by atoms with Crippen LogP contribution in [0.15, 0.2) is 46.2 Å². The van der Waals surface area contributed by atoms with Gasteiger partial charge in [-0.2, -0.15) is 0 Å². The number of benzene rings is 2. The lowest BCUT2D eigenvalue weighted by Crippen LogP contribution is -2.03. The monoisotopic (exact) mass is 302 g/mol. The Hall–Kier alpha value is -1.07. The van der Waals surface area contributed by atoms with Crippen molar-refractivity contribution in [2.45, 2.75) is 9.79 Å². The van der Waals surface area contributed by atoms with Crippen LogP contribution in [-0.4, -0.2) is 14.8 Å². The lowest BCUT2D eigenvalue weighted by atomic mass is 10.3. The minimum Gasteiger partial charge on any atom is -0.606 e. The molecule has 18 heavy (non-hydrogen) atoms. The van der Waals surface area contributed by atoms with Gasteiger partial charge in [0.25, 0.3) is 0 Å². The van der Waals surface area contributed by atoms with E-state index in [1.54, 1.807) is 30.3 Å². The fourth-order valence-corrected chi connectivity index (χ4v) is 3.14. The van der Waals surface area contributed by atoms with Crippen LogP contribution in [0.2, 0.25) is 10.0 Å². The molecular formula is C12H8Cl2O3S. The molecule has 0 amide bonds. The van der Waals surface area contributed by atoms with E-state index in [-0.39, 0.29) is 14.9 Å². The first kappa shape index (κ1) is 13.4. The summed E-state index contributed by atoms with van der Waals surface area (Å²) in [5.74, 6) is -0.973. The molecule has 6 heteroatoms. The third kappa shape index (κ3) is 2.37. The van der Waals surface area contributed by atoms with Crippen molar-refractivity contribution in [1.29, 1.82) is 0 Å². The topological polar surface area (TPSA) is 63.5 Å². The highest BCUT2D eigenvalue weighted by Gasteiger charge is 2.24. The Kier molecular flexibility index (Phi) is 3.92. The van der Waals surface area contributed by atoms with Gasteiger partial charge in [-0.15, -0.1) is 0 Å². The van der Waals surface area contributed by atoms with E-state index in [0.717, 1.165) is 6.07 Å². The summed E-state index contributed by atoms with van der Waals surface area (Å²) < 4.78 is 12.3. The Labute approximate surface area is 117 Å². The van der Waals surface area contributed by atoms with Crippen LogP contribution < -0.4 is 0 Å². The van der Waals surface area contributed by atoms with Crippen LogP contribution in [0, 0.1) is 0 Å². The van der Waals surface area contributed by atoms with Crippen molar-refractivity contribution in [1.82, 2.24) is 0 Å². The quantitative estimate of drug-likeness (QED) is 0.658. The lowest BCUT2D eigenvalue weighted by molar-refractivity contribution is 0.402. The van der Waals surface area contributed by atoms with Crippen LogP contribution in [0.3, 0.4) is 0 Å². The van der Waals surface area contributed by atoms with E-state index in [4.69, 9.17) is 23.2 Å². The van der Waals surface area contributed by atoms with Gasteiger partial charge in [0, 0.05) is 17.2 Å². The van der Waals surface area contributed by atoms with E-state index >= 15 is 0 Å². The summed E-state index contributed by atoms with van der Waals surface area (Å²) in [7, 11) is 0. The number of phenols is 2. The summed E-state index contributed by atoms with van der Waals surface area (Å²) in [5, 5.41) is 18.6. The van der Waals surface area contributed by atoms with Crippen LogP contribution in [0.25, 0.3) is 0 Å². The molecule has 3 nitrogen and oxygen atoms in total. The second-order valence-electron chi connectivity index (χ2n) is 3.45. The zero-order valence-electron chi connectivity index (χ0n) is 8.93. The van der Waals surface area contributed by atoms with Gasteiger partial charge >= 0.3 is 0 Å². The zero-order chi connectivity index (χ0) is 13.3. The highest BCUT2D eigenvalue weighted by molar-refractivity contribution is 7.91. The number of rotatable bonds is 2. The minimum atomic E-state index is -1.57. The Morgan fingerprint density at radius 2 is 1.61 bits per heavy atom. The molecule has 2 aromatic carbocycles. The fraction of sp³-hybridized carbons (Fsp3) is 0. The molecule has 1 unspecified atom stereocenters. The van der Waals surface area contributed by atoms with E-state index in [9.17, 15) is 14.8 Å². The van der Waals surface area contributed by atoms with Crippen LogP contribution in [0.1, 0.15) is 0 Å². The van der Waals surface area contributed by atoms with Gasteiger partial charge in [-0.3, -0.25) is 0 Å². The summed E-state index contributed by atoms with van der Waals surface area (Å²) in [5.41, 5.74) is 0. The van der Waals surface area contributed by atoms with Crippen LogP contribution >= 0.6 is 23.2 Å². The smallest absolute Gasteiger partial charge is 0.182 e. The molecule has 2 N–H and O–H groups in total. The molecule has 2 aromatic rings. The first-order valence-electron chi connectivity index (χ1n) is 4.89. The first-order valence-corrected chi connectivity index (χ1v) is 6.79. The lowest BCUT2D eigenvalue weighted by Gasteiger charge is -2.13. The summed E-state index contributed by atoms with van der Waals surface area (Å²) in [6.07, 6.45) is 0. The molecule has 0 aromatic heterocycles. The molecule has 0 aliphatic carbocycles. The van der Waals surface area contributed by atoms with Crippen molar-refractivity contribution in [3.8, 4) is 11.5 Å². The molecular weight excluding hydrogens is 295 g/mol. The summed E-state index contributed by atoms with van der Waals surface area (Å²) in [4.78, 5) is 0.684. The normalized spacial score (nSPS) is 12.4. The zero-order valence-corrected chi connectivity index (χ0v) is 11.3. The highest BCUT2D eigenvalue weighted by Crippen LogP contribution is 2.43. The maximum absolute atomic E-state index is 12.3. The minimum absolute atomic E-state index is 0.0332. The summed E-state index contributed by atoms with van der Waals surface area (Å²) in [6, 6.07) is 9.76. The average molecular weight is 303 g/mol. The van der Waals surface area contributed by atoms with Gasteiger partial charge in [-0.05, 0) is 12.1 Å². The summed E-state index contributed by atoms with van der Waals surface area (Å²) in [6.45, 7) is 0. The van der Waals surface area contributed by atoms with E-state index in [1.807, 2.05) is 0 Å². The maximum atomic E-state index is 12.3. The second kappa shape index (κ2) is 5.28. The van der Waals surface area contributed by atoms with E-state index < -0.39 is 22.7 Å². The van der Waals surface area contributed by atoms with Gasteiger partial charge in [0.2, 0.25) is 0 Å². The largest absolute Gasteiger partial charge is 0.606 e. The molecule has 0 saturated heterocycles. The molecule has 2 rings (SSSR count). The molecule has 94 valence electrons. The van der Waals surface area contributed by atoms with E-state index in [1.165, 1.54) is 0 Å². The SMILES string of the molecule is [O-][S+](c1ccccc1)c1cc(O)c(O)c(Cl)c1Cl. The Morgan fingerprint density at radius 1 is 1.00 bits per heavy atom. The molecule has 0 fully saturated rings. The average Bonchev–Trinajstić information content (AvgIpc) is 2.41. The Bertz CT molecular complexity index is 575. The molecule has 0 aliphatic rings. The maximum Gasteiger partial charge on any atom is 0.182 e. The Morgan fingerprint density at radius 3 is 2.22 bits per heavy atom. The number of aromatic hydroxyl groups is 2. The van der Waals surface area contributed by atoms with Gasteiger partial charge in [0.05, 0.1) is 0 Å². The number of hydrogen-bond acceptors (Lipinski definition) is 3. The molecule has 1 atom stereocenters. The molecule has 0 spiro atoms. The predicted molar refractivity (Wildman–Crippen MR) is 70.9 cm³/mol. The van der Waals surface area contributed by atoms with Crippen molar-refractivity contribution >= 4 is 34.4 Å².